The molecule has 0 amide bonds. The average molecular weight is 284 g/mol. The lowest BCUT2D eigenvalue weighted by molar-refractivity contribution is 0.123. The second kappa shape index (κ2) is 7.05. The lowest BCUT2D eigenvalue weighted by Gasteiger charge is -2.24. The predicted octanol–water partition coefficient (Wildman–Crippen LogP) is 2.73. The SMILES string of the molecule is COc1ccc(CC[Si](OC)(OC)OC)c(C)c1C. The molecule has 0 aliphatic carbocycles. The molecule has 1 aromatic carbocycles. The van der Waals surface area contributed by atoms with Crippen LogP contribution in [0.25, 0.3) is 0 Å². The van der Waals surface area contributed by atoms with E-state index in [1.165, 1.54) is 16.7 Å². The molecule has 19 heavy (non-hydrogen) atoms. The summed E-state index contributed by atoms with van der Waals surface area (Å²) in [7, 11) is 4.13. The number of rotatable bonds is 7. The average Bonchev–Trinajstić information content (AvgIpc) is 2.45. The second-order valence-electron chi connectivity index (χ2n) is 4.47. The summed E-state index contributed by atoms with van der Waals surface area (Å²) in [6, 6.07) is 4.87. The van der Waals surface area contributed by atoms with Crippen LogP contribution in [0.3, 0.4) is 0 Å². The zero-order valence-corrected chi connectivity index (χ0v) is 13.7. The highest BCUT2D eigenvalue weighted by molar-refractivity contribution is 6.60. The third-order valence-corrected chi connectivity index (χ3v) is 6.43. The first-order valence-electron chi connectivity index (χ1n) is 6.32. The number of benzene rings is 1. The van der Waals surface area contributed by atoms with E-state index in [1.54, 1.807) is 28.4 Å². The van der Waals surface area contributed by atoms with Crippen LogP contribution in [0.5, 0.6) is 5.75 Å². The van der Waals surface area contributed by atoms with Crippen molar-refractivity contribution < 1.29 is 18.0 Å². The summed E-state index contributed by atoms with van der Waals surface area (Å²) in [5, 5.41) is 0. The molecule has 0 aromatic heterocycles. The van der Waals surface area contributed by atoms with E-state index in [2.05, 4.69) is 19.9 Å². The monoisotopic (exact) mass is 284 g/mol. The van der Waals surface area contributed by atoms with E-state index < -0.39 is 8.80 Å². The molecule has 0 atom stereocenters. The van der Waals surface area contributed by atoms with Crippen molar-refractivity contribution in [2.75, 3.05) is 28.4 Å². The van der Waals surface area contributed by atoms with Crippen LogP contribution < -0.4 is 4.74 Å². The van der Waals surface area contributed by atoms with E-state index in [1.807, 2.05) is 6.07 Å². The zero-order valence-electron chi connectivity index (χ0n) is 12.7. The second-order valence-corrected chi connectivity index (χ2v) is 7.56. The first-order chi connectivity index (χ1) is 9.03. The first-order valence-corrected chi connectivity index (χ1v) is 8.25. The molecule has 108 valence electrons. The van der Waals surface area contributed by atoms with Gasteiger partial charge in [0.25, 0.3) is 0 Å². The fraction of sp³-hybridized carbons (Fsp3) is 0.571. The van der Waals surface area contributed by atoms with Crippen LogP contribution in [0.2, 0.25) is 6.04 Å². The Morgan fingerprint density at radius 1 is 0.895 bits per heavy atom. The third kappa shape index (κ3) is 3.57. The zero-order chi connectivity index (χ0) is 14.5. The summed E-state index contributed by atoms with van der Waals surface area (Å²) in [6.07, 6.45) is 0.873. The molecule has 0 aliphatic rings. The number of hydrogen-bond donors (Lipinski definition) is 0. The van der Waals surface area contributed by atoms with Crippen LogP contribution in [-0.4, -0.2) is 37.2 Å². The largest absolute Gasteiger partial charge is 0.500 e. The van der Waals surface area contributed by atoms with Gasteiger partial charge in [-0.15, -0.1) is 0 Å². The Balaban J connectivity index is 2.86. The molecule has 4 nitrogen and oxygen atoms in total. The van der Waals surface area contributed by atoms with Crippen LogP contribution in [0, 0.1) is 13.8 Å². The number of methoxy groups -OCH3 is 1. The minimum atomic E-state index is -2.49. The molecule has 0 fully saturated rings. The molecule has 0 bridgehead atoms. The van der Waals surface area contributed by atoms with Crippen molar-refractivity contribution in [1.82, 2.24) is 0 Å². The molecule has 0 unspecified atom stereocenters. The molecule has 0 radical (unpaired) electrons. The normalized spacial score (nSPS) is 11.7. The lowest BCUT2D eigenvalue weighted by atomic mass is 10.0. The molecule has 1 aromatic rings. The van der Waals surface area contributed by atoms with Gasteiger partial charge >= 0.3 is 8.80 Å². The van der Waals surface area contributed by atoms with Gasteiger partial charge in [0.2, 0.25) is 0 Å². The Bertz CT molecular complexity index is 408. The van der Waals surface area contributed by atoms with Crippen LogP contribution in [-0.2, 0) is 19.7 Å². The predicted molar refractivity (Wildman–Crippen MR) is 77.8 cm³/mol. The minimum Gasteiger partial charge on any atom is -0.496 e. The maximum atomic E-state index is 5.44. The van der Waals surface area contributed by atoms with E-state index in [0.29, 0.717) is 0 Å². The van der Waals surface area contributed by atoms with Crippen molar-refractivity contribution in [3.8, 4) is 5.75 Å². The molecule has 0 spiro atoms. The smallest absolute Gasteiger partial charge is 0.496 e. The summed E-state index contributed by atoms with van der Waals surface area (Å²) >= 11 is 0. The van der Waals surface area contributed by atoms with E-state index in [4.69, 9.17) is 18.0 Å². The molecule has 5 heteroatoms. The Kier molecular flexibility index (Phi) is 6.00. The minimum absolute atomic E-state index is 0.767. The molecule has 0 N–H and O–H groups in total. The van der Waals surface area contributed by atoms with E-state index in [0.717, 1.165) is 18.2 Å². The van der Waals surface area contributed by atoms with Gasteiger partial charge in [-0.25, -0.2) is 0 Å². The van der Waals surface area contributed by atoms with Crippen molar-refractivity contribution >= 4 is 8.80 Å². The van der Waals surface area contributed by atoms with Crippen LogP contribution in [0.1, 0.15) is 16.7 Å². The van der Waals surface area contributed by atoms with Gasteiger partial charge in [0.05, 0.1) is 7.11 Å². The van der Waals surface area contributed by atoms with E-state index >= 15 is 0 Å². The summed E-state index contributed by atoms with van der Waals surface area (Å²) in [5.41, 5.74) is 3.71. The topological polar surface area (TPSA) is 36.9 Å². The molecule has 0 saturated carbocycles. The summed E-state index contributed by atoms with van der Waals surface area (Å²) in [6.45, 7) is 4.19. The summed E-state index contributed by atoms with van der Waals surface area (Å²) in [4.78, 5) is 0. The van der Waals surface area contributed by atoms with Crippen molar-refractivity contribution in [2.45, 2.75) is 26.3 Å². The maximum absolute atomic E-state index is 5.44. The van der Waals surface area contributed by atoms with Crippen molar-refractivity contribution in [3.05, 3.63) is 28.8 Å². The highest BCUT2D eigenvalue weighted by atomic mass is 28.4. The van der Waals surface area contributed by atoms with E-state index in [-0.39, 0.29) is 0 Å². The summed E-state index contributed by atoms with van der Waals surface area (Å²) in [5.74, 6) is 0.926. The third-order valence-electron chi connectivity index (χ3n) is 3.70. The lowest BCUT2D eigenvalue weighted by Crippen LogP contribution is -2.43. The highest BCUT2D eigenvalue weighted by Crippen LogP contribution is 2.26. The van der Waals surface area contributed by atoms with Crippen LogP contribution in [0.15, 0.2) is 12.1 Å². The Morgan fingerprint density at radius 2 is 1.47 bits per heavy atom. The standard InChI is InChI=1S/C14H24O4Si/c1-11-12(2)14(15-3)8-7-13(11)9-10-19(16-4,17-5)18-6/h7-8H,9-10H2,1-6H3. The van der Waals surface area contributed by atoms with Gasteiger partial charge in [0.1, 0.15) is 5.75 Å². The molecule has 0 heterocycles. The number of ether oxygens (including phenoxy) is 1. The molecule has 0 saturated heterocycles. The fourth-order valence-corrected chi connectivity index (χ4v) is 3.88. The van der Waals surface area contributed by atoms with Gasteiger partial charge in [0.15, 0.2) is 0 Å². The quantitative estimate of drug-likeness (QED) is 0.721. The Hall–Kier alpha value is -0.883. The molecular weight excluding hydrogens is 260 g/mol. The fourth-order valence-electron chi connectivity index (χ4n) is 2.19. The first kappa shape index (κ1) is 16.2. The molecule has 0 aliphatic heterocycles. The maximum Gasteiger partial charge on any atom is 0.500 e. The van der Waals surface area contributed by atoms with Gasteiger partial charge in [0, 0.05) is 27.4 Å². The van der Waals surface area contributed by atoms with Gasteiger partial charge in [-0.1, -0.05) is 6.07 Å². The van der Waals surface area contributed by atoms with Crippen molar-refractivity contribution in [1.29, 1.82) is 0 Å². The number of hydrogen-bond acceptors (Lipinski definition) is 4. The number of aryl methyl sites for hydroxylation is 1. The van der Waals surface area contributed by atoms with Crippen LogP contribution >= 0.6 is 0 Å². The molecule has 1 rings (SSSR count). The van der Waals surface area contributed by atoms with Gasteiger partial charge < -0.3 is 18.0 Å². The highest BCUT2D eigenvalue weighted by Gasteiger charge is 2.37. The Labute approximate surface area is 117 Å². The van der Waals surface area contributed by atoms with Crippen LogP contribution in [0.4, 0.5) is 0 Å². The van der Waals surface area contributed by atoms with Gasteiger partial charge in [-0.2, -0.15) is 0 Å². The van der Waals surface area contributed by atoms with Crippen molar-refractivity contribution in [2.24, 2.45) is 0 Å². The van der Waals surface area contributed by atoms with Crippen molar-refractivity contribution in [3.63, 3.8) is 0 Å². The summed E-state index contributed by atoms with van der Waals surface area (Å²) < 4.78 is 21.7. The Morgan fingerprint density at radius 3 is 1.95 bits per heavy atom. The van der Waals surface area contributed by atoms with Gasteiger partial charge in [-0.05, 0) is 43.0 Å². The van der Waals surface area contributed by atoms with E-state index in [9.17, 15) is 0 Å². The molecular formula is C14H24O4Si. The van der Waals surface area contributed by atoms with Gasteiger partial charge in [-0.3, -0.25) is 0 Å².